The number of benzene rings is 2. The zero-order valence-electron chi connectivity index (χ0n) is 19.3. The Kier molecular flexibility index (Phi) is 8.48. The van der Waals surface area contributed by atoms with Crippen LogP contribution in [0.25, 0.3) is 0 Å². The van der Waals surface area contributed by atoms with Crippen LogP contribution in [-0.2, 0) is 20.0 Å². The molecule has 0 aliphatic heterocycles. The van der Waals surface area contributed by atoms with Crippen LogP contribution >= 0.6 is 0 Å². The molecule has 0 radical (unpaired) electrons. The third kappa shape index (κ3) is 6.73. The molecule has 0 saturated heterocycles. The fourth-order valence-electron chi connectivity index (χ4n) is 3.08. The van der Waals surface area contributed by atoms with Crippen molar-refractivity contribution < 1.29 is 9.47 Å². The Hall–Kier alpha value is -3.55. The molecule has 2 aromatic carbocycles. The van der Waals surface area contributed by atoms with E-state index in [1.165, 1.54) is 5.56 Å². The molecule has 0 unspecified atom stereocenters. The molecular weight excluding hydrogens is 404 g/mol. The second kappa shape index (κ2) is 11.7. The van der Waals surface area contributed by atoms with Gasteiger partial charge in [0.05, 0.1) is 13.7 Å². The van der Waals surface area contributed by atoms with E-state index in [1.54, 1.807) is 7.11 Å². The van der Waals surface area contributed by atoms with Gasteiger partial charge < -0.3 is 24.3 Å². The highest BCUT2D eigenvalue weighted by molar-refractivity contribution is 5.79. The molecule has 1 N–H and O–H groups in total. The Morgan fingerprint density at radius 1 is 1.06 bits per heavy atom. The van der Waals surface area contributed by atoms with E-state index in [-0.39, 0.29) is 0 Å². The molecule has 1 heterocycles. The highest BCUT2D eigenvalue weighted by Gasteiger charge is 2.09. The smallest absolute Gasteiger partial charge is 0.194 e. The summed E-state index contributed by atoms with van der Waals surface area (Å²) in [4.78, 5) is 6.85. The number of nitrogens with one attached hydrogen (secondary N) is 1. The normalized spacial score (nSPS) is 11.3. The minimum Gasteiger partial charge on any atom is -0.497 e. The predicted molar refractivity (Wildman–Crippen MR) is 126 cm³/mol. The molecule has 8 nitrogen and oxygen atoms in total. The largest absolute Gasteiger partial charge is 0.497 e. The molecular formula is C24H32N6O2. The molecule has 0 bridgehead atoms. The van der Waals surface area contributed by atoms with E-state index < -0.39 is 0 Å². The Labute approximate surface area is 189 Å². The van der Waals surface area contributed by atoms with Crippen molar-refractivity contribution in [2.24, 2.45) is 12.0 Å². The quantitative estimate of drug-likeness (QED) is 0.389. The molecule has 1 aromatic heterocycles. The number of hydrogen-bond donors (Lipinski definition) is 1. The van der Waals surface area contributed by atoms with Gasteiger partial charge in [-0.2, -0.15) is 0 Å². The number of guanidine groups is 1. The number of nitrogens with zero attached hydrogens (tertiary/aromatic N) is 5. The number of para-hydroxylation sites is 1. The van der Waals surface area contributed by atoms with Gasteiger partial charge in [-0.1, -0.05) is 30.3 Å². The van der Waals surface area contributed by atoms with Crippen molar-refractivity contribution in [2.45, 2.75) is 19.9 Å². The lowest BCUT2D eigenvalue weighted by molar-refractivity contribution is 0.281. The Morgan fingerprint density at radius 3 is 2.47 bits per heavy atom. The summed E-state index contributed by atoms with van der Waals surface area (Å²) in [6.45, 7) is 4.39. The van der Waals surface area contributed by atoms with Crippen molar-refractivity contribution in [3.05, 3.63) is 71.8 Å². The summed E-state index contributed by atoms with van der Waals surface area (Å²) in [5.74, 6) is 4.22. The fraction of sp³-hybridized carbons (Fsp3) is 0.375. The van der Waals surface area contributed by atoms with Gasteiger partial charge in [-0.3, -0.25) is 0 Å². The van der Waals surface area contributed by atoms with E-state index in [1.807, 2.05) is 68.1 Å². The molecule has 0 aliphatic carbocycles. The Morgan fingerprint density at radius 2 is 1.81 bits per heavy atom. The Balaban J connectivity index is 1.59. The molecule has 170 valence electrons. The van der Waals surface area contributed by atoms with E-state index in [9.17, 15) is 0 Å². The number of rotatable bonds is 10. The minimum absolute atomic E-state index is 0.450. The minimum atomic E-state index is 0.450. The summed E-state index contributed by atoms with van der Waals surface area (Å²) in [6, 6.07) is 17.9. The SMILES string of the molecule is COc1ccc(CCNC(=NCc2nnc(C)n2C)N(C)CCOc2ccccc2)cc1. The summed E-state index contributed by atoms with van der Waals surface area (Å²) in [7, 11) is 5.64. The number of likely N-dealkylation sites (N-methyl/N-ethyl adjacent to an activating group) is 1. The molecule has 0 amide bonds. The van der Waals surface area contributed by atoms with E-state index >= 15 is 0 Å². The van der Waals surface area contributed by atoms with E-state index in [0.29, 0.717) is 19.7 Å². The molecule has 0 saturated carbocycles. The number of aromatic nitrogens is 3. The fourth-order valence-corrected chi connectivity index (χ4v) is 3.08. The first-order valence-corrected chi connectivity index (χ1v) is 10.7. The van der Waals surface area contributed by atoms with Crippen LogP contribution < -0.4 is 14.8 Å². The van der Waals surface area contributed by atoms with Gasteiger partial charge in [0.1, 0.15) is 30.5 Å². The van der Waals surface area contributed by atoms with Crippen LogP contribution in [0.4, 0.5) is 0 Å². The highest BCUT2D eigenvalue weighted by Crippen LogP contribution is 2.11. The summed E-state index contributed by atoms with van der Waals surface area (Å²) >= 11 is 0. The number of aryl methyl sites for hydroxylation is 1. The second-order valence-corrected chi connectivity index (χ2v) is 7.47. The van der Waals surface area contributed by atoms with Crippen LogP contribution in [0.2, 0.25) is 0 Å². The van der Waals surface area contributed by atoms with Crippen molar-refractivity contribution in [3.8, 4) is 11.5 Å². The number of hydrogen-bond acceptors (Lipinski definition) is 5. The lowest BCUT2D eigenvalue weighted by Gasteiger charge is -2.22. The maximum absolute atomic E-state index is 5.84. The Bertz CT molecular complexity index is 985. The third-order valence-electron chi connectivity index (χ3n) is 5.21. The molecule has 32 heavy (non-hydrogen) atoms. The summed E-state index contributed by atoms with van der Waals surface area (Å²) in [6.07, 6.45) is 0.875. The average molecular weight is 437 g/mol. The summed E-state index contributed by atoms with van der Waals surface area (Å²) in [5, 5.41) is 11.8. The van der Waals surface area contributed by atoms with Crippen LogP contribution in [0.1, 0.15) is 17.2 Å². The third-order valence-corrected chi connectivity index (χ3v) is 5.21. The van der Waals surface area contributed by atoms with Crippen molar-refractivity contribution >= 4 is 5.96 Å². The number of ether oxygens (including phenoxy) is 2. The van der Waals surface area contributed by atoms with Gasteiger partial charge in [-0.25, -0.2) is 4.99 Å². The average Bonchev–Trinajstić information content (AvgIpc) is 3.14. The number of aliphatic imine (C=N–C) groups is 1. The van der Waals surface area contributed by atoms with Gasteiger partial charge in [0.15, 0.2) is 11.8 Å². The first kappa shape index (κ1) is 23.1. The van der Waals surface area contributed by atoms with Gasteiger partial charge in [-0.15, -0.1) is 10.2 Å². The zero-order chi connectivity index (χ0) is 22.8. The standard InChI is InChI=1S/C24H32N6O2/c1-19-27-28-23(30(19)3)18-26-24(25-15-14-20-10-12-21(31-4)13-11-20)29(2)16-17-32-22-8-6-5-7-9-22/h5-13H,14-18H2,1-4H3,(H,25,26). The number of methoxy groups -OCH3 is 1. The van der Waals surface area contributed by atoms with Crippen LogP contribution in [0.5, 0.6) is 11.5 Å². The van der Waals surface area contributed by atoms with Gasteiger partial charge in [0.25, 0.3) is 0 Å². The van der Waals surface area contributed by atoms with Crippen LogP contribution in [0, 0.1) is 6.92 Å². The van der Waals surface area contributed by atoms with E-state index in [2.05, 4.69) is 32.5 Å². The van der Waals surface area contributed by atoms with Gasteiger partial charge in [-0.05, 0) is 43.2 Å². The highest BCUT2D eigenvalue weighted by atomic mass is 16.5. The first-order chi connectivity index (χ1) is 15.6. The van der Waals surface area contributed by atoms with Gasteiger partial charge >= 0.3 is 0 Å². The predicted octanol–water partition coefficient (Wildman–Crippen LogP) is 2.83. The van der Waals surface area contributed by atoms with Crippen molar-refractivity contribution in [1.29, 1.82) is 0 Å². The van der Waals surface area contributed by atoms with Crippen molar-refractivity contribution in [1.82, 2.24) is 25.0 Å². The molecule has 0 spiro atoms. The van der Waals surface area contributed by atoms with Gasteiger partial charge in [0.2, 0.25) is 0 Å². The molecule has 0 fully saturated rings. The molecule has 3 aromatic rings. The van der Waals surface area contributed by atoms with Crippen molar-refractivity contribution in [2.75, 3.05) is 33.9 Å². The maximum Gasteiger partial charge on any atom is 0.194 e. The zero-order valence-corrected chi connectivity index (χ0v) is 19.3. The van der Waals surface area contributed by atoms with Gasteiger partial charge in [0, 0.05) is 20.6 Å². The maximum atomic E-state index is 5.84. The van der Waals surface area contributed by atoms with Crippen LogP contribution in [0.15, 0.2) is 59.6 Å². The van der Waals surface area contributed by atoms with Crippen molar-refractivity contribution in [3.63, 3.8) is 0 Å². The molecule has 8 heteroatoms. The summed E-state index contributed by atoms with van der Waals surface area (Å²) < 4.78 is 13.0. The van der Waals surface area contributed by atoms with Crippen LogP contribution in [-0.4, -0.2) is 59.5 Å². The van der Waals surface area contributed by atoms with E-state index in [4.69, 9.17) is 14.5 Å². The summed E-state index contributed by atoms with van der Waals surface area (Å²) in [5.41, 5.74) is 1.23. The lowest BCUT2D eigenvalue weighted by Crippen LogP contribution is -2.41. The molecule has 0 atom stereocenters. The monoisotopic (exact) mass is 436 g/mol. The van der Waals surface area contributed by atoms with E-state index in [0.717, 1.165) is 42.1 Å². The molecule has 0 aliphatic rings. The lowest BCUT2D eigenvalue weighted by atomic mass is 10.1. The topological polar surface area (TPSA) is 76.8 Å². The second-order valence-electron chi connectivity index (χ2n) is 7.47. The van der Waals surface area contributed by atoms with Crippen LogP contribution in [0.3, 0.4) is 0 Å². The molecule has 3 rings (SSSR count). The first-order valence-electron chi connectivity index (χ1n) is 10.7.